The van der Waals surface area contributed by atoms with E-state index in [2.05, 4.69) is 5.32 Å². The number of esters is 2. The smallest absolute Gasteiger partial charge is 0.329 e. The minimum absolute atomic E-state index is 0.0174. The van der Waals surface area contributed by atoms with E-state index < -0.39 is 40.9 Å². The normalized spacial score (nSPS) is 12.6. The van der Waals surface area contributed by atoms with Crippen molar-refractivity contribution in [3.05, 3.63) is 29.6 Å². The highest BCUT2D eigenvalue weighted by molar-refractivity contribution is 6.18. The molecule has 0 aliphatic heterocycles. The lowest BCUT2D eigenvalue weighted by Gasteiger charge is -2.25. The monoisotopic (exact) mass is 520 g/mol. The molecule has 0 spiro atoms. The molecular weight excluding hydrogens is 486 g/mol. The zero-order valence-corrected chi connectivity index (χ0v) is 22.2. The molecule has 1 rings (SSSR count). The number of rotatable bonds is 11. The molecule has 1 aromatic carbocycles. The number of halogens is 3. The maximum Gasteiger partial charge on any atom is 0.329 e. The number of carbonyl (C=O) groups is 3. The SMILES string of the molecule is CC(C)(C)OC(=O)CC[C@H](NC(=O)c1ccc(N(CCCl)CCCl)c(F)c1)C(=O)OC(C)(C)C. The van der Waals surface area contributed by atoms with Gasteiger partial charge in [0.05, 0.1) is 5.69 Å². The van der Waals surface area contributed by atoms with Crippen molar-refractivity contribution in [2.45, 2.75) is 71.6 Å². The van der Waals surface area contributed by atoms with Crippen LogP contribution in [0, 0.1) is 5.82 Å². The summed E-state index contributed by atoms with van der Waals surface area (Å²) >= 11 is 11.6. The van der Waals surface area contributed by atoms with Gasteiger partial charge in [-0.25, -0.2) is 9.18 Å². The number of amides is 1. The van der Waals surface area contributed by atoms with Gasteiger partial charge in [-0.2, -0.15) is 0 Å². The Hall–Kier alpha value is -2.06. The molecule has 7 nitrogen and oxygen atoms in total. The van der Waals surface area contributed by atoms with Crippen molar-refractivity contribution in [3.63, 3.8) is 0 Å². The van der Waals surface area contributed by atoms with Gasteiger partial charge in [-0.3, -0.25) is 9.59 Å². The van der Waals surface area contributed by atoms with E-state index in [0.717, 1.165) is 6.07 Å². The molecule has 192 valence electrons. The van der Waals surface area contributed by atoms with E-state index in [1.54, 1.807) is 46.4 Å². The van der Waals surface area contributed by atoms with Crippen LogP contribution in [0.3, 0.4) is 0 Å². The van der Waals surface area contributed by atoms with Crippen LogP contribution in [0.1, 0.15) is 64.7 Å². The molecule has 0 unspecified atom stereocenters. The van der Waals surface area contributed by atoms with E-state index in [1.165, 1.54) is 12.1 Å². The Bertz CT molecular complexity index is 847. The summed E-state index contributed by atoms with van der Waals surface area (Å²) in [6.07, 6.45) is -0.143. The molecular formula is C24H35Cl2FN2O5. The third-order valence-corrected chi connectivity index (χ3v) is 4.65. The summed E-state index contributed by atoms with van der Waals surface area (Å²) in [6, 6.07) is 2.88. The van der Waals surface area contributed by atoms with Crippen molar-refractivity contribution >= 4 is 46.7 Å². The molecule has 0 saturated heterocycles. The summed E-state index contributed by atoms with van der Waals surface area (Å²) in [5.41, 5.74) is -1.19. The zero-order valence-electron chi connectivity index (χ0n) is 20.7. The summed E-state index contributed by atoms with van der Waals surface area (Å²) in [6.45, 7) is 11.1. The summed E-state index contributed by atoms with van der Waals surface area (Å²) < 4.78 is 25.4. The topological polar surface area (TPSA) is 84.9 Å². The van der Waals surface area contributed by atoms with E-state index >= 15 is 0 Å². The fourth-order valence-electron chi connectivity index (χ4n) is 2.98. The molecule has 1 atom stereocenters. The number of alkyl halides is 2. The van der Waals surface area contributed by atoms with Crippen molar-refractivity contribution < 1.29 is 28.2 Å². The molecule has 34 heavy (non-hydrogen) atoms. The third-order valence-electron chi connectivity index (χ3n) is 4.31. The summed E-state index contributed by atoms with van der Waals surface area (Å²) in [5.74, 6) is -1.93. The maximum atomic E-state index is 14.8. The van der Waals surface area contributed by atoms with E-state index in [0.29, 0.717) is 13.1 Å². The Morgan fingerprint density at radius 3 is 2.03 bits per heavy atom. The van der Waals surface area contributed by atoms with Crippen LogP contribution >= 0.6 is 23.2 Å². The fraction of sp³-hybridized carbons (Fsp3) is 0.625. The van der Waals surface area contributed by atoms with Crippen molar-refractivity contribution in [3.8, 4) is 0 Å². The Morgan fingerprint density at radius 2 is 1.56 bits per heavy atom. The van der Waals surface area contributed by atoms with Gasteiger partial charge in [-0.1, -0.05) is 0 Å². The molecule has 0 radical (unpaired) electrons. The molecule has 10 heteroatoms. The first-order valence-electron chi connectivity index (χ1n) is 11.1. The van der Waals surface area contributed by atoms with Crippen LogP contribution in [0.5, 0.6) is 0 Å². The summed E-state index contributed by atoms with van der Waals surface area (Å²) in [4.78, 5) is 39.3. The first kappa shape index (κ1) is 30.0. The average Bonchev–Trinajstić information content (AvgIpc) is 2.68. The molecule has 1 N–H and O–H groups in total. The number of ether oxygens (including phenoxy) is 2. The second-order valence-electron chi connectivity index (χ2n) is 9.72. The summed E-state index contributed by atoms with van der Waals surface area (Å²) in [5, 5.41) is 2.56. The van der Waals surface area contributed by atoms with Gasteiger partial charge in [0, 0.05) is 36.8 Å². The van der Waals surface area contributed by atoms with Gasteiger partial charge in [0.15, 0.2) is 0 Å². The molecule has 1 amide bonds. The minimum Gasteiger partial charge on any atom is -0.460 e. The number of hydrogen-bond donors (Lipinski definition) is 1. The lowest BCUT2D eigenvalue weighted by atomic mass is 10.1. The zero-order chi connectivity index (χ0) is 26.1. The molecule has 0 aliphatic rings. The number of anilines is 1. The molecule has 0 fully saturated rings. The highest BCUT2D eigenvalue weighted by Gasteiger charge is 2.29. The van der Waals surface area contributed by atoms with E-state index in [9.17, 15) is 18.8 Å². The van der Waals surface area contributed by atoms with Gasteiger partial charge in [-0.15, -0.1) is 23.2 Å². The van der Waals surface area contributed by atoms with Crippen LogP contribution in [0.15, 0.2) is 18.2 Å². The lowest BCUT2D eigenvalue weighted by Crippen LogP contribution is -2.44. The van der Waals surface area contributed by atoms with Crippen molar-refractivity contribution in [2.24, 2.45) is 0 Å². The Morgan fingerprint density at radius 1 is 1.00 bits per heavy atom. The molecule has 0 aromatic heterocycles. The maximum absolute atomic E-state index is 14.8. The van der Waals surface area contributed by atoms with Crippen LogP contribution in [0.2, 0.25) is 0 Å². The average molecular weight is 521 g/mol. The Kier molecular flexibility index (Phi) is 11.6. The first-order chi connectivity index (χ1) is 15.7. The highest BCUT2D eigenvalue weighted by Crippen LogP contribution is 2.21. The van der Waals surface area contributed by atoms with Crippen molar-refractivity contribution in [1.82, 2.24) is 5.32 Å². The van der Waals surface area contributed by atoms with E-state index in [-0.39, 0.29) is 35.9 Å². The second kappa shape index (κ2) is 13.1. The molecule has 1 aromatic rings. The molecule has 0 heterocycles. The predicted octanol–water partition coefficient (Wildman–Crippen LogP) is 4.67. The predicted molar refractivity (Wildman–Crippen MR) is 132 cm³/mol. The number of carbonyl (C=O) groups excluding carboxylic acids is 3. The van der Waals surface area contributed by atoms with Gasteiger partial charge in [0.2, 0.25) is 0 Å². The van der Waals surface area contributed by atoms with Crippen LogP contribution in [0.25, 0.3) is 0 Å². The van der Waals surface area contributed by atoms with Gasteiger partial charge < -0.3 is 19.7 Å². The Balaban J connectivity index is 3.03. The Labute approximate surface area is 211 Å². The highest BCUT2D eigenvalue weighted by atomic mass is 35.5. The van der Waals surface area contributed by atoms with Crippen LogP contribution in [-0.2, 0) is 19.1 Å². The van der Waals surface area contributed by atoms with E-state index in [4.69, 9.17) is 32.7 Å². The molecule has 0 aliphatic carbocycles. The fourth-order valence-corrected chi connectivity index (χ4v) is 3.39. The molecule has 0 bridgehead atoms. The first-order valence-corrected chi connectivity index (χ1v) is 12.2. The summed E-state index contributed by atoms with van der Waals surface area (Å²) in [7, 11) is 0. The van der Waals surface area contributed by atoms with Gasteiger partial charge in [-0.05, 0) is 66.2 Å². The third kappa shape index (κ3) is 10.9. The van der Waals surface area contributed by atoms with Gasteiger partial charge in [0.1, 0.15) is 23.1 Å². The number of benzene rings is 1. The van der Waals surface area contributed by atoms with Crippen molar-refractivity contribution in [2.75, 3.05) is 29.7 Å². The van der Waals surface area contributed by atoms with Crippen LogP contribution in [0.4, 0.5) is 10.1 Å². The minimum atomic E-state index is -1.12. The standard InChI is InChI=1S/C24H35Cl2FN2O5/c1-23(2,3)33-20(30)10-8-18(22(32)34-24(4,5)6)28-21(31)16-7-9-19(17(27)15-16)29(13-11-25)14-12-26/h7,9,15,18H,8,10-14H2,1-6H3,(H,28,31)/t18-/m0/s1. The van der Waals surface area contributed by atoms with Crippen LogP contribution in [-0.4, -0.2) is 59.9 Å². The largest absolute Gasteiger partial charge is 0.460 e. The quantitative estimate of drug-likeness (QED) is 0.337. The number of nitrogens with zero attached hydrogens (tertiary/aromatic N) is 1. The molecule has 0 saturated carbocycles. The lowest BCUT2D eigenvalue weighted by molar-refractivity contribution is -0.158. The number of nitrogens with one attached hydrogen (secondary N) is 1. The van der Waals surface area contributed by atoms with Crippen LogP contribution < -0.4 is 10.2 Å². The van der Waals surface area contributed by atoms with Gasteiger partial charge >= 0.3 is 11.9 Å². The van der Waals surface area contributed by atoms with E-state index in [1.807, 2.05) is 0 Å². The second-order valence-corrected chi connectivity index (χ2v) is 10.5. The van der Waals surface area contributed by atoms with Gasteiger partial charge in [0.25, 0.3) is 5.91 Å². The van der Waals surface area contributed by atoms with Crippen molar-refractivity contribution in [1.29, 1.82) is 0 Å². The number of hydrogen-bond acceptors (Lipinski definition) is 6.